The van der Waals surface area contributed by atoms with Gasteiger partial charge >= 0.3 is 5.97 Å². The molecular weight excluding hydrogens is 431 g/mol. The SMILES string of the molecule is CCCN(N)/C=C(\N)SN1CCC2=Cc3c(cnn3-c3ccc(F)cc3)CC2(C(=O)O)C1. The van der Waals surface area contributed by atoms with E-state index < -0.39 is 11.4 Å². The molecule has 8 nitrogen and oxygen atoms in total. The van der Waals surface area contributed by atoms with Crippen LogP contribution in [-0.4, -0.2) is 49.8 Å². The summed E-state index contributed by atoms with van der Waals surface area (Å²) in [5.74, 6) is 4.72. The molecule has 1 aromatic carbocycles. The van der Waals surface area contributed by atoms with Gasteiger partial charge in [-0.3, -0.25) is 4.79 Å². The Morgan fingerprint density at radius 1 is 1.41 bits per heavy atom. The Morgan fingerprint density at radius 3 is 2.84 bits per heavy atom. The Kier molecular flexibility index (Phi) is 6.27. The predicted octanol–water partition coefficient (Wildman–Crippen LogP) is 2.72. The molecule has 0 amide bonds. The predicted molar refractivity (Wildman–Crippen MR) is 123 cm³/mol. The lowest BCUT2D eigenvalue weighted by atomic mass is 9.69. The third-order valence-corrected chi connectivity index (χ3v) is 6.76. The molecule has 1 aliphatic carbocycles. The van der Waals surface area contributed by atoms with Crippen LogP contribution in [0.4, 0.5) is 4.39 Å². The molecule has 1 unspecified atom stereocenters. The quantitative estimate of drug-likeness (QED) is 0.330. The maximum absolute atomic E-state index is 13.3. The van der Waals surface area contributed by atoms with Crippen molar-refractivity contribution in [2.45, 2.75) is 26.2 Å². The van der Waals surface area contributed by atoms with Crippen molar-refractivity contribution in [1.29, 1.82) is 0 Å². The summed E-state index contributed by atoms with van der Waals surface area (Å²) >= 11 is 1.33. The molecule has 2 aromatic rings. The van der Waals surface area contributed by atoms with Gasteiger partial charge in [0, 0.05) is 25.8 Å². The topological polar surface area (TPSA) is 114 Å². The van der Waals surface area contributed by atoms with Crippen molar-refractivity contribution >= 4 is 24.0 Å². The number of aromatic nitrogens is 2. The van der Waals surface area contributed by atoms with Crippen LogP contribution in [0.5, 0.6) is 0 Å². The van der Waals surface area contributed by atoms with Crippen molar-refractivity contribution in [3.8, 4) is 5.69 Å². The number of halogens is 1. The molecule has 1 saturated heterocycles. The average Bonchev–Trinajstić information content (AvgIpc) is 3.14. The van der Waals surface area contributed by atoms with Crippen LogP contribution in [0, 0.1) is 11.2 Å². The molecule has 1 atom stereocenters. The number of benzene rings is 1. The molecule has 10 heteroatoms. The van der Waals surface area contributed by atoms with Gasteiger partial charge in [-0.15, -0.1) is 0 Å². The average molecular weight is 459 g/mol. The molecule has 5 N–H and O–H groups in total. The number of carboxylic acid groups (broad SMARTS) is 1. The zero-order chi connectivity index (χ0) is 22.9. The van der Waals surface area contributed by atoms with Crippen LogP contribution < -0.4 is 11.6 Å². The van der Waals surface area contributed by atoms with Crippen molar-refractivity contribution in [2.75, 3.05) is 19.6 Å². The number of nitrogens with zero attached hydrogens (tertiary/aromatic N) is 4. The molecule has 0 bridgehead atoms. The van der Waals surface area contributed by atoms with Gasteiger partial charge in [-0.2, -0.15) is 5.10 Å². The van der Waals surface area contributed by atoms with Crippen molar-refractivity contribution in [2.24, 2.45) is 17.0 Å². The van der Waals surface area contributed by atoms with Gasteiger partial charge in [0.2, 0.25) is 0 Å². The molecule has 0 radical (unpaired) electrons. The summed E-state index contributed by atoms with van der Waals surface area (Å²) in [5.41, 5.74) is 8.40. The zero-order valence-corrected chi connectivity index (χ0v) is 18.7. The number of hydrogen-bond donors (Lipinski definition) is 3. The van der Waals surface area contributed by atoms with Crippen LogP contribution in [0.15, 0.2) is 47.3 Å². The van der Waals surface area contributed by atoms with Crippen LogP contribution in [0.2, 0.25) is 0 Å². The third-order valence-electron chi connectivity index (χ3n) is 5.87. The van der Waals surface area contributed by atoms with Gasteiger partial charge in [0.05, 0.1) is 22.6 Å². The van der Waals surface area contributed by atoms with E-state index in [1.54, 1.807) is 34.2 Å². The first-order chi connectivity index (χ1) is 15.3. The fourth-order valence-corrected chi connectivity index (χ4v) is 5.27. The minimum atomic E-state index is -1.04. The first-order valence-corrected chi connectivity index (χ1v) is 11.3. The number of carboxylic acids is 1. The summed E-state index contributed by atoms with van der Waals surface area (Å²) in [7, 11) is 0. The molecule has 1 aliphatic heterocycles. The molecule has 0 saturated carbocycles. The minimum absolute atomic E-state index is 0.316. The lowest BCUT2D eigenvalue weighted by Crippen LogP contribution is -2.49. The fraction of sp³-hybridized carbons (Fsp3) is 0.364. The summed E-state index contributed by atoms with van der Waals surface area (Å²) in [6.07, 6.45) is 7.16. The second-order valence-corrected chi connectivity index (χ2v) is 9.32. The highest BCUT2D eigenvalue weighted by molar-refractivity contribution is 8.00. The van der Waals surface area contributed by atoms with Crippen molar-refractivity contribution in [3.63, 3.8) is 0 Å². The van der Waals surface area contributed by atoms with Crippen LogP contribution in [-0.2, 0) is 11.2 Å². The van der Waals surface area contributed by atoms with Gasteiger partial charge in [0.15, 0.2) is 0 Å². The van der Waals surface area contributed by atoms with E-state index in [-0.39, 0.29) is 5.82 Å². The highest BCUT2D eigenvalue weighted by Crippen LogP contribution is 2.46. The van der Waals surface area contributed by atoms with Gasteiger partial charge in [-0.1, -0.05) is 6.92 Å². The number of piperidine rings is 1. The summed E-state index contributed by atoms with van der Waals surface area (Å²) in [4.78, 5) is 12.5. The highest BCUT2D eigenvalue weighted by Gasteiger charge is 2.49. The van der Waals surface area contributed by atoms with Crippen LogP contribution in [0.25, 0.3) is 11.8 Å². The maximum Gasteiger partial charge on any atom is 0.315 e. The maximum atomic E-state index is 13.3. The number of fused-ring (bicyclic) bond motifs is 2. The molecule has 170 valence electrons. The van der Waals surface area contributed by atoms with E-state index in [0.29, 0.717) is 37.5 Å². The smallest absolute Gasteiger partial charge is 0.315 e. The van der Waals surface area contributed by atoms with E-state index in [4.69, 9.17) is 11.6 Å². The second kappa shape index (κ2) is 8.97. The Hall–Kier alpha value is -2.82. The first-order valence-electron chi connectivity index (χ1n) is 10.5. The van der Waals surface area contributed by atoms with Gasteiger partial charge in [0.1, 0.15) is 11.2 Å². The van der Waals surface area contributed by atoms with Crippen LogP contribution >= 0.6 is 11.9 Å². The molecule has 0 spiro atoms. The second-order valence-electron chi connectivity index (χ2n) is 8.15. The van der Waals surface area contributed by atoms with E-state index in [2.05, 4.69) is 5.10 Å². The van der Waals surface area contributed by atoms with Gasteiger partial charge < -0.3 is 15.8 Å². The normalized spacial score (nSPS) is 21.0. The van der Waals surface area contributed by atoms with Gasteiger partial charge in [-0.25, -0.2) is 19.2 Å². The molecule has 4 rings (SSSR count). The Morgan fingerprint density at radius 2 is 2.16 bits per heavy atom. The summed E-state index contributed by atoms with van der Waals surface area (Å²) in [6.45, 7) is 3.71. The lowest BCUT2D eigenvalue weighted by Gasteiger charge is -2.43. The standard InChI is InChI=1S/C22H27FN6O2S/c1-2-8-27(25)13-20(24)32-28-9-7-16-10-19-15(11-22(16,14-28)21(30)31)12-26-29(19)18-5-3-17(23)4-6-18/h3-6,10,12-13H,2,7-9,11,14,24-25H2,1H3,(H,30,31)/b20-13+. The van der Waals surface area contributed by atoms with Crippen LogP contribution in [0.1, 0.15) is 31.0 Å². The van der Waals surface area contributed by atoms with Crippen molar-refractivity contribution in [1.82, 2.24) is 19.1 Å². The van der Waals surface area contributed by atoms with Gasteiger partial charge in [-0.05, 0) is 72.7 Å². The fourth-order valence-electron chi connectivity index (χ4n) is 4.32. The summed E-state index contributed by atoms with van der Waals surface area (Å²) in [5, 5.41) is 16.8. The minimum Gasteiger partial charge on any atom is -0.481 e. The molecule has 32 heavy (non-hydrogen) atoms. The Bertz CT molecular complexity index is 1070. The number of rotatable bonds is 7. The molecule has 2 aliphatic rings. The van der Waals surface area contributed by atoms with E-state index in [9.17, 15) is 14.3 Å². The van der Waals surface area contributed by atoms with E-state index in [1.807, 2.05) is 17.3 Å². The molecule has 2 heterocycles. The number of hydrogen-bond acceptors (Lipinski definition) is 7. The Balaban J connectivity index is 1.59. The molecular formula is C22H27FN6O2S. The molecule has 1 aromatic heterocycles. The van der Waals surface area contributed by atoms with Gasteiger partial charge in [0.25, 0.3) is 0 Å². The first kappa shape index (κ1) is 22.4. The number of hydrazine groups is 1. The molecule has 1 fully saturated rings. The van der Waals surface area contributed by atoms with Crippen molar-refractivity contribution in [3.05, 3.63) is 64.3 Å². The highest BCUT2D eigenvalue weighted by atomic mass is 32.2. The van der Waals surface area contributed by atoms with E-state index in [1.165, 1.54) is 24.1 Å². The third kappa shape index (κ3) is 4.25. The summed E-state index contributed by atoms with van der Waals surface area (Å²) in [6, 6.07) is 6.09. The lowest BCUT2D eigenvalue weighted by molar-refractivity contribution is -0.147. The largest absolute Gasteiger partial charge is 0.481 e. The van der Waals surface area contributed by atoms with E-state index in [0.717, 1.165) is 28.9 Å². The monoisotopic (exact) mass is 458 g/mol. The van der Waals surface area contributed by atoms with Crippen LogP contribution in [0.3, 0.4) is 0 Å². The number of carbonyl (C=O) groups is 1. The van der Waals surface area contributed by atoms with E-state index >= 15 is 0 Å². The van der Waals surface area contributed by atoms with Crippen molar-refractivity contribution < 1.29 is 14.3 Å². The zero-order valence-electron chi connectivity index (χ0n) is 17.9. The Labute approximate surface area is 190 Å². The number of nitrogens with two attached hydrogens (primary N) is 2. The summed E-state index contributed by atoms with van der Waals surface area (Å²) < 4.78 is 17.1. The number of aliphatic carboxylic acids is 1.